The Morgan fingerprint density at radius 3 is 2.38 bits per heavy atom. The largest absolute Gasteiger partial charge is 0.394 e. The molecule has 1 aliphatic rings. The highest BCUT2D eigenvalue weighted by molar-refractivity contribution is 9.10. The second-order valence-electron chi connectivity index (χ2n) is 6.61. The first-order valence-electron chi connectivity index (χ1n) is 8.32. The SMILES string of the molecule is COCC(C)C(=O)N1CCN(C(C)(CO)c2ccc(Br)cc2)CC1. The van der Waals surface area contributed by atoms with Crippen molar-refractivity contribution >= 4 is 21.8 Å². The predicted octanol–water partition coefficient (Wildman–Crippen LogP) is 2.08. The van der Waals surface area contributed by atoms with Gasteiger partial charge in [0.25, 0.3) is 0 Å². The van der Waals surface area contributed by atoms with E-state index >= 15 is 0 Å². The highest BCUT2D eigenvalue weighted by Gasteiger charge is 2.36. The first-order chi connectivity index (χ1) is 11.4. The van der Waals surface area contributed by atoms with Crippen molar-refractivity contribution in [2.75, 3.05) is 46.5 Å². The van der Waals surface area contributed by atoms with E-state index in [4.69, 9.17) is 4.74 Å². The molecule has 1 aromatic carbocycles. The fourth-order valence-electron chi connectivity index (χ4n) is 3.24. The molecule has 0 aromatic heterocycles. The minimum atomic E-state index is -0.437. The van der Waals surface area contributed by atoms with Crippen molar-refractivity contribution in [2.24, 2.45) is 5.92 Å². The van der Waals surface area contributed by atoms with E-state index in [2.05, 4.69) is 27.8 Å². The van der Waals surface area contributed by atoms with Crippen LogP contribution in [0.15, 0.2) is 28.7 Å². The van der Waals surface area contributed by atoms with Crippen LogP contribution in [-0.2, 0) is 15.1 Å². The topological polar surface area (TPSA) is 53.0 Å². The maximum atomic E-state index is 12.4. The molecule has 0 spiro atoms. The van der Waals surface area contributed by atoms with Crippen LogP contribution < -0.4 is 0 Å². The first-order valence-corrected chi connectivity index (χ1v) is 9.11. The van der Waals surface area contributed by atoms with E-state index in [0.717, 1.165) is 23.1 Å². The molecule has 0 bridgehead atoms. The molecular formula is C18H27BrN2O3. The van der Waals surface area contributed by atoms with Crippen molar-refractivity contribution in [3.05, 3.63) is 34.3 Å². The van der Waals surface area contributed by atoms with Crippen molar-refractivity contribution in [1.29, 1.82) is 0 Å². The summed E-state index contributed by atoms with van der Waals surface area (Å²) in [7, 11) is 1.62. The number of hydrogen-bond acceptors (Lipinski definition) is 4. The number of aliphatic hydroxyl groups excluding tert-OH is 1. The first kappa shape index (κ1) is 19.4. The minimum Gasteiger partial charge on any atom is -0.394 e. The van der Waals surface area contributed by atoms with E-state index in [1.807, 2.05) is 36.1 Å². The molecule has 0 saturated carbocycles. The number of ether oxygens (including phenoxy) is 1. The zero-order valence-corrected chi connectivity index (χ0v) is 16.3. The molecule has 134 valence electrons. The van der Waals surface area contributed by atoms with Crippen LogP contribution in [0.1, 0.15) is 19.4 Å². The van der Waals surface area contributed by atoms with Gasteiger partial charge in [-0.2, -0.15) is 0 Å². The van der Waals surface area contributed by atoms with Crippen molar-refractivity contribution in [1.82, 2.24) is 9.80 Å². The van der Waals surface area contributed by atoms with E-state index < -0.39 is 5.54 Å². The molecule has 1 fully saturated rings. The molecule has 1 aromatic rings. The van der Waals surface area contributed by atoms with Crippen LogP contribution in [0, 0.1) is 5.92 Å². The van der Waals surface area contributed by atoms with Crippen molar-refractivity contribution in [3.8, 4) is 0 Å². The molecule has 1 heterocycles. The Labute approximate surface area is 152 Å². The molecule has 1 N–H and O–H groups in total. The number of carbonyl (C=O) groups is 1. The van der Waals surface area contributed by atoms with E-state index in [-0.39, 0.29) is 18.4 Å². The quantitative estimate of drug-likeness (QED) is 0.796. The van der Waals surface area contributed by atoms with Gasteiger partial charge in [0.2, 0.25) is 5.91 Å². The second kappa shape index (κ2) is 8.43. The summed E-state index contributed by atoms with van der Waals surface area (Å²) in [5, 5.41) is 10.0. The summed E-state index contributed by atoms with van der Waals surface area (Å²) < 4.78 is 6.10. The molecule has 24 heavy (non-hydrogen) atoms. The van der Waals surface area contributed by atoms with Crippen LogP contribution in [0.4, 0.5) is 0 Å². The summed E-state index contributed by atoms with van der Waals surface area (Å²) in [4.78, 5) is 16.6. The molecule has 0 radical (unpaired) electrons. The number of aliphatic hydroxyl groups is 1. The van der Waals surface area contributed by atoms with Gasteiger partial charge in [0.05, 0.1) is 24.7 Å². The van der Waals surface area contributed by atoms with Crippen molar-refractivity contribution in [3.63, 3.8) is 0 Å². The fourth-order valence-corrected chi connectivity index (χ4v) is 3.50. The van der Waals surface area contributed by atoms with Crippen molar-refractivity contribution < 1.29 is 14.6 Å². The third-order valence-electron chi connectivity index (χ3n) is 4.90. The van der Waals surface area contributed by atoms with Gasteiger partial charge >= 0.3 is 0 Å². The highest BCUT2D eigenvalue weighted by atomic mass is 79.9. The second-order valence-corrected chi connectivity index (χ2v) is 7.52. The number of nitrogens with zero attached hydrogens (tertiary/aromatic N) is 2. The lowest BCUT2D eigenvalue weighted by molar-refractivity contribution is -0.139. The summed E-state index contributed by atoms with van der Waals surface area (Å²) in [6, 6.07) is 8.07. The Morgan fingerprint density at radius 1 is 1.29 bits per heavy atom. The third-order valence-corrected chi connectivity index (χ3v) is 5.43. The van der Waals surface area contributed by atoms with E-state index in [0.29, 0.717) is 19.7 Å². The lowest BCUT2D eigenvalue weighted by Gasteiger charge is -2.45. The highest BCUT2D eigenvalue weighted by Crippen LogP contribution is 2.30. The summed E-state index contributed by atoms with van der Waals surface area (Å²) in [5.41, 5.74) is 0.647. The number of piperazine rings is 1. The third kappa shape index (κ3) is 4.17. The zero-order valence-electron chi connectivity index (χ0n) is 14.7. The molecule has 0 aliphatic carbocycles. The maximum Gasteiger partial charge on any atom is 0.227 e. The normalized spacial score (nSPS) is 19.8. The Balaban J connectivity index is 2.04. The van der Waals surface area contributed by atoms with Gasteiger partial charge in [0.1, 0.15) is 0 Å². The Bertz CT molecular complexity index is 544. The van der Waals surface area contributed by atoms with Gasteiger partial charge in [-0.05, 0) is 24.6 Å². The average molecular weight is 399 g/mol. The smallest absolute Gasteiger partial charge is 0.227 e. The number of halogens is 1. The standard InChI is InChI=1S/C18H27BrN2O3/c1-14(12-24-3)17(23)20-8-10-21(11-9-20)18(2,13-22)15-4-6-16(19)7-5-15/h4-7,14,22H,8-13H2,1-3H3. The van der Waals surface area contributed by atoms with Crippen molar-refractivity contribution in [2.45, 2.75) is 19.4 Å². The molecule has 2 atom stereocenters. The summed E-state index contributed by atoms with van der Waals surface area (Å²) in [6.07, 6.45) is 0. The van der Waals surface area contributed by atoms with Crippen LogP contribution in [0.5, 0.6) is 0 Å². The van der Waals surface area contributed by atoms with E-state index in [1.165, 1.54) is 0 Å². The number of amides is 1. The van der Waals surface area contributed by atoms with Crippen LogP contribution in [-0.4, -0.2) is 67.3 Å². The van der Waals surface area contributed by atoms with Crippen LogP contribution in [0.3, 0.4) is 0 Å². The van der Waals surface area contributed by atoms with Crippen LogP contribution in [0.2, 0.25) is 0 Å². The average Bonchev–Trinajstić information content (AvgIpc) is 2.61. The van der Waals surface area contributed by atoms with Gasteiger partial charge < -0.3 is 14.7 Å². The Morgan fingerprint density at radius 2 is 1.88 bits per heavy atom. The number of rotatable bonds is 6. The molecule has 1 saturated heterocycles. The lowest BCUT2D eigenvalue weighted by atomic mass is 9.90. The predicted molar refractivity (Wildman–Crippen MR) is 97.8 cm³/mol. The molecule has 1 amide bonds. The van der Waals surface area contributed by atoms with E-state index in [1.54, 1.807) is 7.11 Å². The number of benzene rings is 1. The molecule has 2 unspecified atom stereocenters. The Kier molecular flexibility index (Phi) is 6.80. The van der Waals surface area contributed by atoms with Gasteiger partial charge in [-0.15, -0.1) is 0 Å². The van der Waals surface area contributed by atoms with Crippen LogP contribution >= 0.6 is 15.9 Å². The monoisotopic (exact) mass is 398 g/mol. The van der Waals surface area contributed by atoms with Gasteiger partial charge in [-0.1, -0.05) is 35.0 Å². The molecule has 1 aliphatic heterocycles. The summed E-state index contributed by atoms with van der Waals surface area (Å²) in [5.74, 6) is 0.0306. The van der Waals surface area contributed by atoms with Crippen LogP contribution in [0.25, 0.3) is 0 Å². The maximum absolute atomic E-state index is 12.4. The summed E-state index contributed by atoms with van der Waals surface area (Å²) >= 11 is 3.45. The zero-order chi connectivity index (χ0) is 17.7. The Hall–Kier alpha value is -0.950. The summed E-state index contributed by atoms with van der Waals surface area (Å²) in [6.45, 7) is 7.31. The van der Waals surface area contributed by atoms with Gasteiger partial charge in [-0.25, -0.2) is 0 Å². The molecular weight excluding hydrogens is 372 g/mol. The molecule has 6 heteroatoms. The number of hydrogen-bond donors (Lipinski definition) is 1. The minimum absolute atomic E-state index is 0.0443. The van der Waals surface area contributed by atoms with Gasteiger partial charge in [0.15, 0.2) is 0 Å². The number of methoxy groups -OCH3 is 1. The van der Waals surface area contributed by atoms with Gasteiger partial charge in [-0.3, -0.25) is 9.69 Å². The van der Waals surface area contributed by atoms with E-state index in [9.17, 15) is 9.90 Å². The molecule has 5 nitrogen and oxygen atoms in total. The number of carbonyl (C=O) groups excluding carboxylic acids is 1. The fraction of sp³-hybridized carbons (Fsp3) is 0.611. The molecule has 2 rings (SSSR count). The lowest BCUT2D eigenvalue weighted by Crippen LogP contribution is -2.57. The van der Waals surface area contributed by atoms with Gasteiger partial charge in [0, 0.05) is 37.8 Å².